The highest BCUT2D eigenvalue weighted by Gasteiger charge is 2.70. The lowest BCUT2D eigenvalue weighted by atomic mass is 9.50. The smallest absolute Gasteiger partial charge is 0.407 e. The van der Waals surface area contributed by atoms with Crippen LogP contribution in [-0.4, -0.2) is 88.8 Å². The molecular formula is C42H51N7O9. The Morgan fingerprint density at radius 1 is 0.914 bits per heavy atom. The Hall–Kier alpha value is -4.90. The van der Waals surface area contributed by atoms with Crippen LogP contribution in [0.25, 0.3) is 22.5 Å². The number of hydrogen-bond donors (Lipinski definition) is 3. The molecule has 7 aliphatic rings. The Morgan fingerprint density at radius 2 is 1.66 bits per heavy atom. The first kappa shape index (κ1) is 38.6. The highest BCUT2D eigenvalue weighted by molar-refractivity contribution is 6.02. The van der Waals surface area contributed by atoms with Crippen LogP contribution in [0, 0.1) is 17.8 Å². The minimum absolute atomic E-state index is 0.0532. The van der Waals surface area contributed by atoms with Gasteiger partial charge in [-0.1, -0.05) is 47.7 Å². The summed E-state index contributed by atoms with van der Waals surface area (Å²) in [5.41, 5.74) is 4.60. The molecule has 3 heterocycles. The number of carbonyl (C=O) groups is 4. The van der Waals surface area contributed by atoms with Gasteiger partial charge in [0.1, 0.15) is 11.8 Å². The lowest BCUT2D eigenvalue weighted by molar-refractivity contribution is -0.392. The zero-order valence-electron chi connectivity index (χ0n) is 33.0. The van der Waals surface area contributed by atoms with Crippen LogP contribution < -0.4 is 20.9 Å². The average Bonchev–Trinajstić information content (AvgIpc) is 3.77. The molecule has 0 radical (unpaired) electrons. The zero-order valence-corrected chi connectivity index (χ0v) is 33.0. The lowest BCUT2D eigenvalue weighted by Gasteiger charge is -2.62. The van der Waals surface area contributed by atoms with Crippen molar-refractivity contribution < 1.29 is 43.2 Å². The summed E-state index contributed by atoms with van der Waals surface area (Å²) in [5.74, 6) is -1.86. The number of fused-ring (bicyclic) bond motifs is 5. The van der Waals surface area contributed by atoms with E-state index in [9.17, 15) is 19.2 Å². The molecule has 4 atom stereocenters. The Bertz CT molecular complexity index is 2070. The number of nitrogens with one attached hydrogen (secondary N) is 3. The van der Waals surface area contributed by atoms with Gasteiger partial charge >= 0.3 is 6.09 Å². The van der Waals surface area contributed by atoms with E-state index in [1.54, 1.807) is 16.6 Å². The molecule has 58 heavy (non-hydrogen) atoms. The standard InChI is InChI=1S/C42H51N7O9/c1-43-39(53)55-30-9-7-15-41(23-30)56-42(58-57-41)28-18-26-19-29(42)22-40(20-26,21-28)45-35(51)14-17-54-16-13-34(50)44-24-36(52)49-25-27-8-3-4-10-31(27)37-38(48(2)47-46-37)32-11-5-6-12-33(32)49/h3-6,8,10-12,26,28-30H,7,9,13-25H2,1-2H3,(H,43,53)(H,44,50)(H,45,51)/t26?,28?,29?,30?,40?,41-,42?/m1/s1. The molecule has 2 aromatic carbocycles. The van der Waals surface area contributed by atoms with E-state index in [1.165, 1.54) is 0 Å². The molecule has 10 rings (SSSR count). The first-order chi connectivity index (χ1) is 28.1. The maximum absolute atomic E-state index is 13.7. The van der Waals surface area contributed by atoms with Crippen molar-refractivity contribution in [3.8, 4) is 22.5 Å². The molecule has 5 aliphatic carbocycles. The van der Waals surface area contributed by atoms with Crippen LogP contribution in [0.4, 0.5) is 10.5 Å². The number of amides is 4. The monoisotopic (exact) mass is 797 g/mol. The fraction of sp³-hybridized carbons (Fsp3) is 0.571. The minimum atomic E-state index is -0.943. The average molecular weight is 798 g/mol. The number of nitrogens with zero attached hydrogens (tertiary/aromatic N) is 4. The van der Waals surface area contributed by atoms with Gasteiger partial charge in [-0.3, -0.25) is 14.4 Å². The summed E-state index contributed by atoms with van der Waals surface area (Å²) in [6, 6.07) is 15.5. The van der Waals surface area contributed by atoms with Crippen molar-refractivity contribution >= 4 is 29.5 Å². The second-order valence-electron chi connectivity index (χ2n) is 16.9. The number of aromatic nitrogens is 3. The molecule has 1 saturated heterocycles. The van der Waals surface area contributed by atoms with Gasteiger partial charge in [-0.05, 0) is 62.5 Å². The summed E-state index contributed by atoms with van der Waals surface area (Å²) in [6.45, 7) is 0.415. The van der Waals surface area contributed by atoms with Gasteiger partial charge in [0.2, 0.25) is 29.3 Å². The highest BCUT2D eigenvalue weighted by atomic mass is 17.3. The third-order valence-electron chi connectivity index (χ3n) is 13.1. The van der Waals surface area contributed by atoms with Crippen molar-refractivity contribution in [2.45, 2.75) is 100 Å². The fourth-order valence-corrected chi connectivity index (χ4v) is 10.7. The maximum Gasteiger partial charge on any atom is 0.407 e. The number of carbonyl (C=O) groups excluding carboxylic acids is 4. The number of hydrogen-bond acceptors (Lipinski definition) is 11. The molecule has 16 heteroatoms. The molecule has 308 valence electrons. The van der Waals surface area contributed by atoms with Crippen molar-refractivity contribution in [1.82, 2.24) is 30.9 Å². The van der Waals surface area contributed by atoms with Crippen LogP contribution in [-0.2, 0) is 52.0 Å². The van der Waals surface area contributed by atoms with Crippen molar-refractivity contribution in [2.75, 3.05) is 31.7 Å². The van der Waals surface area contributed by atoms with E-state index in [1.807, 2.05) is 55.6 Å². The third kappa shape index (κ3) is 7.13. The van der Waals surface area contributed by atoms with Crippen molar-refractivity contribution in [2.24, 2.45) is 24.8 Å². The molecule has 4 amide bonds. The molecule has 2 aliphatic heterocycles. The molecule has 3 aromatic rings. The number of ether oxygens (including phenoxy) is 3. The first-order valence-electron chi connectivity index (χ1n) is 20.6. The summed E-state index contributed by atoms with van der Waals surface area (Å²) in [6.07, 6.45) is 6.36. The third-order valence-corrected chi connectivity index (χ3v) is 13.1. The number of anilines is 1. The van der Waals surface area contributed by atoms with Gasteiger partial charge in [0, 0.05) is 68.3 Å². The predicted octanol–water partition coefficient (Wildman–Crippen LogP) is 4.27. The van der Waals surface area contributed by atoms with E-state index < -0.39 is 17.7 Å². The van der Waals surface area contributed by atoms with Gasteiger partial charge < -0.3 is 35.1 Å². The molecule has 3 unspecified atom stereocenters. The van der Waals surface area contributed by atoms with Gasteiger partial charge in [0.05, 0.1) is 37.7 Å². The highest BCUT2D eigenvalue weighted by Crippen LogP contribution is 2.65. The quantitative estimate of drug-likeness (QED) is 0.197. The summed E-state index contributed by atoms with van der Waals surface area (Å²) in [5, 5.41) is 17.4. The van der Waals surface area contributed by atoms with Gasteiger partial charge in [0.15, 0.2) is 0 Å². The summed E-state index contributed by atoms with van der Waals surface area (Å²) in [7, 11) is 3.37. The Kier molecular flexibility index (Phi) is 10.2. The summed E-state index contributed by atoms with van der Waals surface area (Å²) in [4.78, 5) is 65.7. The van der Waals surface area contributed by atoms with E-state index in [4.69, 9.17) is 24.0 Å². The Balaban J connectivity index is 0.738. The molecule has 1 aromatic heterocycles. The van der Waals surface area contributed by atoms with Crippen LogP contribution in [0.3, 0.4) is 0 Å². The van der Waals surface area contributed by atoms with Crippen molar-refractivity contribution in [3.05, 3.63) is 54.1 Å². The first-order valence-corrected chi connectivity index (χ1v) is 20.6. The largest absolute Gasteiger partial charge is 0.446 e. The van der Waals surface area contributed by atoms with Crippen molar-refractivity contribution in [1.29, 1.82) is 0 Å². The SMILES string of the molecule is CNC(=O)OC1CCC[C@]2(C1)OOC1(O2)C2CC3CC1CC(NC(=O)CCOCCC(=O)NCC(=O)N1Cc4ccccc4-c4nnn(C)c4-c4ccccc41)(C3)C2. The predicted molar refractivity (Wildman–Crippen MR) is 207 cm³/mol. The normalized spacial score (nSPS) is 30.2. The zero-order chi connectivity index (χ0) is 40.1. The van der Waals surface area contributed by atoms with Crippen LogP contribution in [0.15, 0.2) is 48.5 Å². The van der Waals surface area contributed by atoms with Crippen molar-refractivity contribution in [3.63, 3.8) is 0 Å². The number of benzene rings is 2. The molecule has 4 bridgehead atoms. The van der Waals surface area contributed by atoms with Crippen LogP contribution >= 0.6 is 0 Å². The van der Waals surface area contributed by atoms with Gasteiger partial charge in [-0.2, -0.15) is 9.78 Å². The molecule has 3 N–H and O–H groups in total. The minimum Gasteiger partial charge on any atom is -0.446 e. The van der Waals surface area contributed by atoms with Gasteiger partial charge in [0.25, 0.3) is 0 Å². The summed E-state index contributed by atoms with van der Waals surface area (Å²) < 4.78 is 19.8. The number of alkyl carbamates (subject to hydrolysis) is 1. The lowest BCUT2D eigenvalue weighted by Crippen LogP contribution is -2.69. The van der Waals surface area contributed by atoms with Gasteiger partial charge in [-0.25, -0.2) is 9.48 Å². The molecule has 2 spiro atoms. The molecule has 16 nitrogen and oxygen atoms in total. The van der Waals surface area contributed by atoms with Crippen LogP contribution in [0.2, 0.25) is 0 Å². The fourth-order valence-electron chi connectivity index (χ4n) is 10.7. The number of aryl methyl sites for hydroxylation is 1. The molecule has 5 saturated carbocycles. The maximum atomic E-state index is 13.7. The van der Waals surface area contributed by atoms with E-state index >= 15 is 0 Å². The second-order valence-corrected chi connectivity index (χ2v) is 16.9. The Morgan fingerprint density at radius 3 is 2.45 bits per heavy atom. The van der Waals surface area contributed by atoms with E-state index in [0.717, 1.165) is 73.0 Å². The Labute approximate surface area is 336 Å². The van der Waals surface area contributed by atoms with Crippen LogP contribution in [0.5, 0.6) is 0 Å². The molecule has 6 fully saturated rings. The van der Waals surface area contributed by atoms with E-state index in [2.05, 4.69) is 26.3 Å². The molecular weight excluding hydrogens is 747 g/mol. The van der Waals surface area contributed by atoms with E-state index in [0.29, 0.717) is 31.0 Å². The number of rotatable bonds is 10. The van der Waals surface area contributed by atoms with Gasteiger partial charge in [-0.15, -0.1) is 5.10 Å². The summed E-state index contributed by atoms with van der Waals surface area (Å²) >= 11 is 0. The topological polar surface area (TPSA) is 184 Å². The number of para-hydroxylation sites is 1. The van der Waals surface area contributed by atoms with E-state index in [-0.39, 0.29) is 73.8 Å². The second kappa shape index (κ2) is 15.4. The van der Waals surface area contributed by atoms with Crippen LogP contribution in [0.1, 0.15) is 76.2 Å².